The second kappa shape index (κ2) is 7.18. The summed E-state index contributed by atoms with van der Waals surface area (Å²) in [4.78, 5) is 15.7. The van der Waals surface area contributed by atoms with Crippen LogP contribution in [0.15, 0.2) is 30.0 Å². The van der Waals surface area contributed by atoms with E-state index in [0.29, 0.717) is 12.2 Å². The zero-order chi connectivity index (χ0) is 12.5. The second-order valence-electron chi connectivity index (χ2n) is 3.53. The summed E-state index contributed by atoms with van der Waals surface area (Å²) in [6.45, 7) is 2.64. The minimum absolute atomic E-state index is 0.0832. The molecule has 1 amide bonds. The fraction of sp³-hybridized carbons (Fsp3) is 0.308. The van der Waals surface area contributed by atoms with Crippen molar-refractivity contribution >= 4 is 12.0 Å². The van der Waals surface area contributed by atoms with Gasteiger partial charge in [-0.15, -0.1) is 0 Å². The van der Waals surface area contributed by atoms with E-state index in [0.717, 1.165) is 12.8 Å². The minimum Gasteiger partial charge on any atom is -0.351 e. The normalized spacial score (nSPS) is 10.7. The molecule has 4 nitrogen and oxygen atoms in total. The van der Waals surface area contributed by atoms with Crippen LogP contribution in [0.4, 0.5) is 0 Å². The SMILES string of the molecule is CCCCNC(=O)/C(C#N)=C\c1ccccn1. The number of carbonyl (C=O) groups excluding carboxylic acids is 1. The third kappa shape index (κ3) is 4.47. The quantitative estimate of drug-likeness (QED) is 0.476. The highest BCUT2D eigenvalue weighted by molar-refractivity contribution is 6.01. The molecule has 0 spiro atoms. The van der Waals surface area contributed by atoms with Gasteiger partial charge < -0.3 is 5.32 Å². The maximum Gasteiger partial charge on any atom is 0.262 e. The highest BCUT2D eigenvalue weighted by atomic mass is 16.1. The van der Waals surface area contributed by atoms with Crippen molar-refractivity contribution in [1.82, 2.24) is 10.3 Å². The monoisotopic (exact) mass is 229 g/mol. The molecule has 0 unspecified atom stereocenters. The molecule has 1 aromatic rings. The van der Waals surface area contributed by atoms with E-state index in [9.17, 15) is 4.79 Å². The lowest BCUT2D eigenvalue weighted by Crippen LogP contribution is -2.25. The van der Waals surface area contributed by atoms with Gasteiger partial charge in [0.15, 0.2) is 0 Å². The van der Waals surface area contributed by atoms with Crippen LogP contribution in [0.5, 0.6) is 0 Å². The molecule has 0 atom stereocenters. The molecule has 17 heavy (non-hydrogen) atoms. The third-order valence-corrected chi connectivity index (χ3v) is 2.16. The van der Waals surface area contributed by atoms with Gasteiger partial charge in [-0.05, 0) is 24.6 Å². The van der Waals surface area contributed by atoms with Crippen molar-refractivity contribution in [3.8, 4) is 6.07 Å². The van der Waals surface area contributed by atoms with Crippen molar-refractivity contribution in [3.63, 3.8) is 0 Å². The number of nitriles is 1. The van der Waals surface area contributed by atoms with Crippen LogP contribution in [0, 0.1) is 11.3 Å². The largest absolute Gasteiger partial charge is 0.351 e. The lowest BCUT2D eigenvalue weighted by molar-refractivity contribution is -0.117. The number of pyridine rings is 1. The highest BCUT2D eigenvalue weighted by Crippen LogP contribution is 2.03. The number of aromatic nitrogens is 1. The average Bonchev–Trinajstić information content (AvgIpc) is 2.37. The van der Waals surface area contributed by atoms with Gasteiger partial charge in [-0.25, -0.2) is 0 Å². The van der Waals surface area contributed by atoms with Crippen LogP contribution in [0.25, 0.3) is 6.08 Å². The van der Waals surface area contributed by atoms with Gasteiger partial charge in [0, 0.05) is 12.7 Å². The van der Waals surface area contributed by atoms with Gasteiger partial charge in [0.2, 0.25) is 0 Å². The maximum absolute atomic E-state index is 11.6. The van der Waals surface area contributed by atoms with E-state index in [1.54, 1.807) is 18.3 Å². The average molecular weight is 229 g/mol. The van der Waals surface area contributed by atoms with Crippen LogP contribution in [0.1, 0.15) is 25.5 Å². The Balaban J connectivity index is 2.69. The molecule has 0 radical (unpaired) electrons. The van der Waals surface area contributed by atoms with Gasteiger partial charge in [0.05, 0.1) is 5.69 Å². The van der Waals surface area contributed by atoms with E-state index in [-0.39, 0.29) is 11.5 Å². The van der Waals surface area contributed by atoms with Gasteiger partial charge in [0.25, 0.3) is 5.91 Å². The molecule has 0 saturated carbocycles. The summed E-state index contributed by atoms with van der Waals surface area (Å²) in [5.74, 6) is -0.341. The van der Waals surface area contributed by atoms with Crippen LogP contribution in [0.2, 0.25) is 0 Å². The second-order valence-corrected chi connectivity index (χ2v) is 3.53. The zero-order valence-corrected chi connectivity index (χ0v) is 9.81. The number of rotatable bonds is 5. The number of hydrogen-bond donors (Lipinski definition) is 1. The summed E-state index contributed by atoms with van der Waals surface area (Å²) >= 11 is 0. The zero-order valence-electron chi connectivity index (χ0n) is 9.81. The fourth-order valence-corrected chi connectivity index (χ4v) is 1.23. The Morgan fingerprint density at radius 3 is 3.00 bits per heavy atom. The first-order chi connectivity index (χ1) is 8.27. The molecule has 0 fully saturated rings. The molecule has 0 aromatic carbocycles. The minimum atomic E-state index is -0.341. The Labute approximate surface area is 101 Å². The summed E-state index contributed by atoms with van der Waals surface area (Å²) in [6, 6.07) is 7.22. The van der Waals surface area contributed by atoms with Crippen molar-refractivity contribution < 1.29 is 4.79 Å². The molecule has 1 N–H and O–H groups in total. The lowest BCUT2D eigenvalue weighted by atomic mass is 10.2. The van der Waals surface area contributed by atoms with Gasteiger partial charge in [-0.3, -0.25) is 9.78 Å². The number of nitrogens with zero attached hydrogens (tertiary/aromatic N) is 2. The first kappa shape index (κ1) is 12.9. The van der Waals surface area contributed by atoms with Crippen molar-refractivity contribution in [3.05, 3.63) is 35.7 Å². The first-order valence-corrected chi connectivity index (χ1v) is 5.59. The molecule has 0 aliphatic carbocycles. The highest BCUT2D eigenvalue weighted by Gasteiger charge is 2.07. The van der Waals surface area contributed by atoms with Gasteiger partial charge in [-0.2, -0.15) is 5.26 Å². The van der Waals surface area contributed by atoms with E-state index in [1.807, 2.05) is 19.1 Å². The van der Waals surface area contributed by atoms with Gasteiger partial charge in [0.1, 0.15) is 11.6 Å². The van der Waals surface area contributed by atoms with Crippen molar-refractivity contribution in [1.29, 1.82) is 5.26 Å². The molecule has 0 saturated heterocycles. The van der Waals surface area contributed by atoms with E-state index in [1.165, 1.54) is 6.08 Å². The summed E-state index contributed by atoms with van der Waals surface area (Å²) in [5.41, 5.74) is 0.689. The molecule has 0 bridgehead atoms. The fourth-order valence-electron chi connectivity index (χ4n) is 1.23. The molecule has 0 aliphatic heterocycles. The van der Waals surface area contributed by atoms with Gasteiger partial charge in [-0.1, -0.05) is 19.4 Å². The topological polar surface area (TPSA) is 65.8 Å². The predicted molar refractivity (Wildman–Crippen MR) is 65.7 cm³/mol. The van der Waals surface area contributed by atoms with Crippen LogP contribution in [-0.2, 0) is 4.79 Å². The molecular formula is C13H15N3O. The number of nitrogens with one attached hydrogen (secondary N) is 1. The number of amides is 1. The number of hydrogen-bond acceptors (Lipinski definition) is 3. The molecule has 1 rings (SSSR count). The van der Waals surface area contributed by atoms with Crippen LogP contribution >= 0.6 is 0 Å². The molecular weight excluding hydrogens is 214 g/mol. The number of carbonyl (C=O) groups is 1. The third-order valence-electron chi connectivity index (χ3n) is 2.16. The standard InChI is InChI=1S/C13H15N3O/c1-2-3-7-16-13(17)11(10-14)9-12-6-4-5-8-15-12/h4-6,8-9H,2-3,7H2,1H3,(H,16,17)/b11-9-. The van der Waals surface area contributed by atoms with Crippen molar-refractivity contribution in [2.45, 2.75) is 19.8 Å². The summed E-state index contributed by atoms with van der Waals surface area (Å²) < 4.78 is 0. The van der Waals surface area contributed by atoms with Crippen molar-refractivity contribution in [2.75, 3.05) is 6.54 Å². The van der Waals surface area contributed by atoms with Crippen molar-refractivity contribution in [2.24, 2.45) is 0 Å². The predicted octanol–water partition coefficient (Wildman–Crippen LogP) is 1.90. The van der Waals surface area contributed by atoms with Crippen LogP contribution in [-0.4, -0.2) is 17.4 Å². The van der Waals surface area contributed by atoms with E-state index in [2.05, 4.69) is 10.3 Å². The Morgan fingerprint density at radius 1 is 1.59 bits per heavy atom. The summed E-state index contributed by atoms with van der Waals surface area (Å²) in [6.07, 6.45) is 5.03. The Hall–Kier alpha value is -2.15. The molecule has 88 valence electrons. The molecule has 1 aromatic heterocycles. The van der Waals surface area contributed by atoms with E-state index in [4.69, 9.17) is 5.26 Å². The Bertz CT molecular complexity index is 432. The van der Waals surface area contributed by atoms with Gasteiger partial charge >= 0.3 is 0 Å². The molecule has 0 aliphatic rings. The number of unbranched alkanes of at least 4 members (excludes halogenated alkanes) is 1. The summed E-state index contributed by atoms with van der Waals surface area (Å²) in [5, 5.41) is 11.6. The van der Waals surface area contributed by atoms with Crippen LogP contribution < -0.4 is 5.32 Å². The maximum atomic E-state index is 11.6. The Kier molecular flexibility index (Phi) is 5.45. The van der Waals surface area contributed by atoms with E-state index >= 15 is 0 Å². The molecule has 4 heteroatoms. The summed E-state index contributed by atoms with van der Waals surface area (Å²) in [7, 11) is 0. The van der Waals surface area contributed by atoms with Crippen LogP contribution in [0.3, 0.4) is 0 Å². The smallest absolute Gasteiger partial charge is 0.262 e. The molecule has 1 heterocycles. The Morgan fingerprint density at radius 2 is 2.41 bits per heavy atom. The first-order valence-electron chi connectivity index (χ1n) is 5.59. The van der Waals surface area contributed by atoms with E-state index < -0.39 is 0 Å². The lowest BCUT2D eigenvalue weighted by Gasteiger charge is -2.02.